The second kappa shape index (κ2) is 9.74. The first-order chi connectivity index (χ1) is 16.9. The number of rotatable bonds is 7. The van der Waals surface area contributed by atoms with E-state index < -0.39 is 6.36 Å². The van der Waals surface area contributed by atoms with Gasteiger partial charge in [-0.25, -0.2) is 4.68 Å². The summed E-state index contributed by atoms with van der Waals surface area (Å²) in [4.78, 5) is 9.21. The smallest absolute Gasteiger partial charge is 0.406 e. The molecule has 11 heteroatoms. The molecule has 5 rings (SSSR count). The maximum atomic E-state index is 12.4. The Morgan fingerprint density at radius 1 is 1.06 bits per heavy atom. The Labute approximate surface area is 202 Å². The summed E-state index contributed by atoms with van der Waals surface area (Å²) in [6.07, 6.45) is -2.32. The molecule has 2 saturated heterocycles. The van der Waals surface area contributed by atoms with Crippen molar-refractivity contribution in [2.45, 2.75) is 25.7 Å². The molecular formula is C24H29F3N6O2. The molecule has 2 aromatic carbocycles. The number of benzene rings is 2. The van der Waals surface area contributed by atoms with Crippen LogP contribution in [0.4, 0.5) is 30.5 Å². The van der Waals surface area contributed by atoms with E-state index in [4.69, 9.17) is 4.74 Å². The van der Waals surface area contributed by atoms with Crippen molar-refractivity contribution in [3.05, 3.63) is 54.4 Å². The fourth-order valence-electron chi connectivity index (χ4n) is 4.29. The monoisotopic (exact) mass is 490 g/mol. The van der Waals surface area contributed by atoms with E-state index in [0.717, 1.165) is 57.2 Å². The molecule has 0 unspecified atom stereocenters. The van der Waals surface area contributed by atoms with Gasteiger partial charge in [0.1, 0.15) is 12.1 Å². The lowest BCUT2D eigenvalue weighted by Crippen LogP contribution is -2.56. The summed E-state index contributed by atoms with van der Waals surface area (Å²) in [5.41, 5.74) is 3.83. The topological polar surface area (TPSA) is 67.7 Å². The van der Waals surface area contributed by atoms with Crippen LogP contribution in [0.1, 0.15) is 13.9 Å². The highest BCUT2D eigenvalue weighted by molar-refractivity contribution is 5.64. The van der Waals surface area contributed by atoms with Crippen LogP contribution in [0.2, 0.25) is 0 Å². The third-order valence-corrected chi connectivity index (χ3v) is 6.28. The van der Waals surface area contributed by atoms with Gasteiger partial charge in [-0.15, -0.1) is 18.3 Å². The summed E-state index contributed by atoms with van der Waals surface area (Å²) in [5, 5.41) is 7.69. The van der Waals surface area contributed by atoms with Crippen LogP contribution in [0.5, 0.6) is 5.75 Å². The predicted octanol–water partition coefficient (Wildman–Crippen LogP) is 4.24. The molecule has 35 heavy (non-hydrogen) atoms. The van der Waals surface area contributed by atoms with Crippen molar-refractivity contribution in [1.82, 2.24) is 19.7 Å². The maximum absolute atomic E-state index is 12.4. The second-order valence-corrected chi connectivity index (χ2v) is 8.64. The zero-order valence-corrected chi connectivity index (χ0v) is 19.3. The number of anilines is 3. The summed E-state index contributed by atoms with van der Waals surface area (Å²) in [7, 11) is 0. The molecule has 3 aromatic rings. The molecule has 0 saturated carbocycles. The van der Waals surface area contributed by atoms with Gasteiger partial charge in [-0.1, -0.05) is 6.92 Å². The van der Waals surface area contributed by atoms with E-state index in [1.54, 1.807) is 0 Å². The predicted molar refractivity (Wildman–Crippen MR) is 128 cm³/mol. The van der Waals surface area contributed by atoms with Crippen LogP contribution in [-0.4, -0.2) is 71.5 Å². The molecule has 2 aliphatic rings. The molecule has 0 spiro atoms. The van der Waals surface area contributed by atoms with Crippen LogP contribution in [0, 0.1) is 0 Å². The normalized spacial score (nSPS) is 17.3. The van der Waals surface area contributed by atoms with Gasteiger partial charge in [0.25, 0.3) is 0 Å². The Morgan fingerprint density at radius 2 is 1.80 bits per heavy atom. The first kappa shape index (κ1) is 23.4. The number of ether oxygens (including phenoxy) is 2. The molecule has 0 amide bonds. The van der Waals surface area contributed by atoms with Crippen molar-refractivity contribution >= 4 is 17.3 Å². The molecule has 188 valence electrons. The van der Waals surface area contributed by atoms with Crippen LogP contribution in [0.25, 0.3) is 5.69 Å². The Kier molecular flexibility index (Phi) is 6.52. The van der Waals surface area contributed by atoms with Crippen LogP contribution in [0.3, 0.4) is 0 Å². The zero-order valence-electron chi connectivity index (χ0n) is 19.3. The van der Waals surface area contributed by atoms with Crippen molar-refractivity contribution in [1.29, 1.82) is 0 Å². The number of nitrogens with zero attached hydrogens (tertiary/aromatic N) is 5. The van der Waals surface area contributed by atoms with E-state index >= 15 is 0 Å². The molecule has 1 N–H and O–H groups in total. The lowest BCUT2D eigenvalue weighted by molar-refractivity contribution is -0.274. The molecule has 2 aliphatic heterocycles. The largest absolute Gasteiger partial charge is 0.573 e. The van der Waals surface area contributed by atoms with Crippen LogP contribution in [-0.2, 0) is 11.2 Å². The summed E-state index contributed by atoms with van der Waals surface area (Å²) in [6, 6.07) is 12.4. The first-order valence-corrected chi connectivity index (χ1v) is 11.6. The molecule has 3 heterocycles. The molecule has 8 nitrogen and oxygen atoms in total. The Hall–Kier alpha value is -3.31. The molecule has 0 aliphatic carbocycles. The van der Waals surface area contributed by atoms with Gasteiger partial charge in [0, 0.05) is 39.0 Å². The molecule has 1 aromatic heterocycles. The molecular weight excluding hydrogens is 461 g/mol. The van der Waals surface area contributed by atoms with Gasteiger partial charge in [0.15, 0.2) is 0 Å². The van der Waals surface area contributed by atoms with E-state index in [-0.39, 0.29) is 7.18 Å². The van der Waals surface area contributed by atoms with E-state index in [1.807, 2.05) is 0 Å². The van der Waals surface area contributed by atoms with E-state index in [9.17, 15) is 13.2 Å². The van der Waals surface area contributed by atoms with Crippen LogP contribution >= 0.6 is 0 Å². The van der Waals surface area contributed by atoms with Gasteiger partial charge in [-0.3, -0.25) is 4.90 Å². The third-order valence-electron chi connectivity index (χ3n) is 6.28. The van der Waals surface area contributed by atoms with Gasteiger partial charge < -0.3 is 19.7 Å². The third kappa shape index (κ3) is 5.68. The van der Waals surface area contributed by atoms with Crippen molar-refractivity contribution in [3.8, 4) is 11.4 Å². The van der Waals surface area contributed by atoms with Crippen molar-refractivity contribution < 1.29 is 24.1 Å². The Balaban J connectivity index is 0.00000304. The average molecular weight is 491 g/mol. The second-order valence-electron chi connectivity index (χ2n) is 8.64. The number of aryl methyl sites for hydroxylation is 1. The Bertz CT molecular complexity index is 1150. The van der Waals surface area contributed by atoms with E-state index in [1.165, 1.54) is 40.8 Å². The van der Waals surface area contributed by atoms with Gasteiger partial charge >= 0.3 is 6.36 Å². The number of alkyl halides is 3. The summed E-state index contributed by atoms with van der Waals surface area (Å²) in [5.74, 6) is 0.111. The first-order valence-electron chi connectivity index (χ1n) is 11.6. The minimum atomic E-state index is -4.73. The number of halogens is 3. The Morgan fingerprint density at radius 3 is 2.43 bits per heavy atom. The lowest BCUT2D eigenvalue weighted by Gasteiger charge is -2.43. The van der Waals surface area contributed by atoms with Crippen LogP contribution in [0.15, 0.2) is 48.8 Å². The minimum absolute atomic E-state index is 0. The quantitative estimate of drug-likeness (QED) is 0.532. The van der Waals surface area contributed by atoms with Gasteiger partial charge in [-0.2, -0.15) is 4.98 Å². The standard InChI is InChI=1S/C24H27F3N6O2.H2/c1-2-17-11-18(13-20(12-17)31-7-9-32(10-8-31)21-14-34-15-21)29-23-28-16-33(30-23)19-3-5-22(6-4-19)35-24(25,26)27;/h3-6,11-13,16,21H,2,7-10,14-15H2,1H3,(H,29,30);1H. The number of aromatic nitrogens is 3. The van der Waals surface area contributed by atoms with Gasteiger partial charge in [0.05, 0.1) is 24.9 Å². The molecule has 0 bridgehead atoms. The van der Waals surface area contributed by atoms with Crippen LogP contribution < -0.4 is 15.0 Å². The zero-order chi connectivity index (χ0) is 24.4. The van der Waals surface area contributed by atoms with Gasteiger partial charge in [0.2, 0.25) is 5.95 Å². The minimum Gasteiger partial charge on any atom is -0.406 e. The number of hydrogen-bond acceptors (Lipinski definition) is 7. The highest BCUT2D eigenvalue weighted by Crippen LogP contribution is 2.27. The molecule has 0 radical (unpaired) electrons. The number of nitrogens with one attached hydrogen (secondary N) is 1. The highest BCUT2D eigenvalue weighted by Gasteiger charge is 2.31. The maximum Gasteiger partial charge on any atom is 0.573 e. The summed E-state index contributed by atoms with van der Waals surface area (Å²) >= 11 is 0. The average Bonchev–Trinajstić information content (AvgIpc) is 3.26. The van der Waals surface area contributed by atoms with Gasteiger partial charge in [-0.05, 0) is 54.4 Å². The van der Waals surface area contributed by atoms with Crippen molar-refractivity contribution in [3.63, 3.8) is 0 Å². The SMILES string of the molecule is CCc1cc(Nc2ncn(-c3ccc(OC(F)(F)F)cc3)n2)cc(N2CCN(C3COC3)CC2)c1.[HH]. The number of hydrogen-bond donors (Lipinski definition) is 1. The lowest BCUT2D eigenvalue weighted by atomic mass is 10.1. The molecule has 2 fully saturated rings. The van der Waals surface area contributed by atoms with Crippen molar-refractivity contribution in [2.24, 2.45) is 0 Å². The van der Waals surface area contributed by atoms with Crippen molar-refractivity contribution in [2.75, 3.05) is 49.6 Å². The molecule has 0 atom stereocenters. The van der Waals surface area contributed by atoms with E-state index in [0.29, 0.717) is 17.7 Å². The fourth-order valence-corrected chi connectivity index (χ4v) is 4.29. The van der Waals surface area contributed by atoms with E-state index in [2.05, 4.69) is 55.1 Å². The summed E-state index contributed by atoms with van der Waals surface area (Å²) < 4.78 is 47.9. The summed E-state index contributed by atoms with van der Waals surface area (Å²) in [6.45, 7) is 7.76. The number of piperazine rings is 1. The fraction of sp³-hybridized carbons (Fsp3) is 0.417. The highest BCUT2D eigenvalue weighted by atomic mass is 19.4.